The fourth-order valence-electron chi connectivity index (χ4n) is 0.484. The molecule has 0 saturated carbocycles. The Morgan fingerprint density at radius 1 is 1.36 bits per heavy atom. The second-order valence-electron chi connectivity index (χ2n) is 2.51. The van der Waals surface area contributed by atoms with Crippen molar-refractivity contribution < 1.29 is 4.79 Å². The lowest BCUT2D eigenvalue weighted by molar-refractivity contribution is -0.104. The highest BCUT2D eigenvalue weighted by Gasteiger charge is 1.86. The van der Waals surface area contributed by atoms with Crippen LogP contribution in [0.4, 0.5) is 0 Å². The van der Waals surface area contributed by atoms with Crippen LogP contribution < -0.4 is 0 Å². The van der Waals surface area contributed by atoms with Crippen LogP contribution in [0.1, 0.15) is 20.8 Å². The molecule has 2 heteroatoms. The Morgan fingerprint density at radius 3 is 2.45 bits per heavy atom. The first-order valence-corrected chi connectivity index (χ1v) is 4.53. The first-order valence-electron chi connectivity index (χ1n) is 3.55. The lowest BCUT2D eigenvalue weighted by Gasteiger charge is -1.94. The van der Waals surface area contributed by atoms with Gasteiger partial charge in [0.1, 0.15) is 6.29 Å². The van der Waals surface area contributed by atoms with Crippen molar-refractivity contribution in [3.8, 4) is 0 Å². The summed E-state index contributed by atoms with van der Waals surface area (Å²) in [7, 11) is 0. The summed E-state index contributed by atoms with van der Waals surface area (Å²) in [5.41, 5.74) is 1.32. The van der Waals surface area contributed by atoms with Crippen LogP contribution in [-0.2, 0) is 4.79 Å². The van der Waals surface area contributed by atoms with Crippen LogP contribution in [0.25, 0.3) is 0 Å². The summed E-state index contributed by atoms with van der Waals surface area (Å²) in [5, 5.41) is 0. The molecule has 0 amide bonds. The van der Waals surface area contributed by atoms with Crippen molar-refractivity contribution >= 4 is 18.0 Å². The van der Waals surface area contributed by atoms with Gasteiger partial charge < -0.3 is 0 Å². The largest absolute Gasteiger partial charge is 0.299 e. The van der Waals surface area contributed by atoms with Crippen molar-refractivity contribution in [2.75, 3.05) is 5.75 Å². The SMILES string of the molecule is CC(C)=CCS/C(C)=C/C=O. The normalized spacial score (nSPS) is 11.0. The number of hydrogen-bond donors (Lipinski definition) is 0. The maximum atomic E-state index is 10.0. The van der Waals surface area contributed by atoms with Crippen LogP contribution >= 0.6 is 11.8 Å². The van der Waals surface area contributed by atoms with Crippen molar-refractivity contribution in [3.63, 3.8) is 0 Å². The smallest absolute Gasteiger partial charge is 0.143 e. The predicted octanol–water partition coefficient (Wildman–Crippen LogP) is 2.79. The third-order valence-electron chi connectivity index (χ3n) is 1.11. The Hall–Kier alpha value is -0.500. The molecule has 0 fully saturated rings. The van der Waals surface area contributed by atoms with Gasteiger partial charge in [-0.1, -0.05) is 11.6 Å². The highest BCUT2D eigenvalue weighted by atomic mass is 32.2. The lowest BCUT2D eigenvalue weighted by atomic mass is 10.3. The van der Waals surface area contributed by atoms with Gasteiger partial charge in [-0.3, -0.25) is 4.79 Å². The maximum absolute atomic E-state index is 10.0. The molecule has 62 valence electrons. The molecule has 0 bridgehead atoms. The van der Waals surface area contributed by atoms with E-state index in [-0.39, 0.29) is 0 Å². The van der Waals surface area contributed by atoms with E-state index in [0.717, 1.165) is 16.9 Å². The van der Waals surface area contributed by atoms with Crippen molar-refractivity contribution in [2.24, 2.45) is 0 Å². The molecule has 0 aliphatic heterocycles. The summed E-state index contributed by atoms with van der Waals surface area (Å²) in [4.78, 5) is 11.1. The zero-order chi connectivity index (χ0) is 8.69. The zero-order valence-corrected chi connectivity index (χ0v) is 8.07. The average Bonchev–Trinajstić information content (AvgIpc) is 1.87. The summed E-state index contributed by atoms with van der Waals surface area (Å²) in [6.07, 6.45) is 4.56. The molecule has 0 atom stereocenters. The Bertz CT molecular complexity index is 176. The van der Waals surface area contributed by atoms with Crippen molar-refractivity contribution in [3.05, 3.63) is 22.6 Å². The second-order valence-corrected chi connectivity index (χ2v) is 3.77. The number of rotatable bonds is 4. The van der Waals surface area contributed by atoms with Gasteiger partial charge in [0.25, 0.3) is 0 Å². The molecule has 0 spiro atoms. The summed E-state index contributed by atoms with van der Waals surface area (Å²) < 4.78 is 0. The minimum Gasteiger partial charge on any atom is -0.299 e. The number of thioether (sulfide) groups is 1. The molecule has 0 aromatic heterocycles. The molecular weight excluding hydrogens is 156 g/mol. The van der Waals surface area contributed by atoms with E-state index in [0.29, 0.717) is 0 Å². The predicted molar refractivity (Wildman–Crippen MR) is 51.7 cm³/mol. The fraction of sp³-hybridized carbons (Fsp3) is 0.444. The molecule has 0 aromatic rings. The fourth-order valence-corrected chi connectivity index (χ4v) is 1.32. The standard InChI is InChI=1S/C9H14OS/c1-8(2)5-7-11-9(3)4-6-10/h4-6H,7H2,1-3H3/b9-4+. The van der Waals surface area contributed by atoms with Crippen LogP contribution in [0.15, 0.2) is 22.6 Å². The van der Waals surface area contributed by atoms with E-state index in [1.165, 1.54) is 5.57 Å². The minimum absolute atomic E-state index is 0.824. The highest BCUT2D eigenvalue weighted by Crippen LogP contribution is 2.13. The Labute approximate surface area is 72.6 Å². The second kappa shape index (κ2) is 6.23. The number of carbonyl (C=O) groups excluding carboxylic acids is 1. The molecule has 0 rings (SSSR count). The molecule has 0 radical (unpaired) electrons. The number of hydrogen-bond acceptors (Lipinski definition) is 2. The van der Waals surface area contributed by atoms with Gasteiger partial charge in [-0.05, 0) is 31.8 Å². The summed E-state index contributed by atoms with van der Waals surface area (Å²) in [6.45, 7) is 6.08. The number of aldehydes is 1. The lowest BCUT2D eigenvalue weighted by Crippen LogP contribution is -1.75. The van der Waals surface area contributed by atoms with Crippen LogP contribution in [0.5, 0.6) is 0 Å². The maximum Gasteiger partial charge on any atom is 0.143 e. The van der Waals surface area contributed by atoms with Gasteiger partial charge in [0.2, 0.25) is 0 Å². The molecule has 1 nitrogen and oxygen atoms in total. The van der Waals surface area contributed by atoms with Gasteiger partial charge in [0, 0.05) is 5.75 Å². The average molecular weight is 170 g/mol. The van der Waals surface area contributed by atoms with E-state index in [1.807, 2.05) is 6.92 Å². The van der Waals surface area contributed by atoms with E-state index in [4.69, 9.17) is 0 Å². The summed E-state index contributed by atoms with van der Waals surface area (Å²) in [6, 6.07) is 0. The molecule has 0 saturated heterocycles. The zero-order valence-electron chi connectivity index (χ0n) is 7.26. The van der Waals surface area contributed by atoms with Gasteiger partial charge in [-0.2, -0.15) is 0 Å². The molecule has 0 unspecified atom stereocenters. The first-order chi connectivity index (χ1) is 5.16. The summed E-state index contributed by atoms with van der Waals surface area (Å²) in [5.74, 6) is 0.957. The van der Waals surface area contributed by atoms with Crippen LogP contribution in [0.3, 0.4) is 0 Å². The molecule has 0 aromatic carbocycles. The first kappa shape index (κ1) is 10.5. The van der Waals surface area contributed by atoms with Gasteiger partial charge in [0.15, 0.2) is 0 Å². The molecule has 0 aliphatic carbocycles. The van der Waals surface area contributed by atoms with Crippen LogP contribution in [0.2, 0.25) is 0 Å². The van der Waals surface area contributed by atoms with Crippen molar-refractivity contribution in [2.45, 2.75) is 20.8 Å². The topological polar surface area (TPSA) is 17.1 Å². The quantitative estimate of drug-likeness (QED) is 0.366. The van der Waals surface area contributed by atoms with Gasteiger partial charge in [-0.25, -0.2) is 0 Å². The molecule has 0 N–H and O–H groups in total. The third kappa shape index (κ3) is 7.40. The molecule has 0 heterocycles. The highest BCUT2D eigenvalue weighted by molar-refractivity contribution is 8.03. The van der Waals surface area contributed by atoms with E-state index in [2.05, 4.69) is 19.9 Å². The Kier molecular flexibility index (Phi) is 5.94. The summed E-state index contributed by atoms with van der Waals surface area (Å²) >= 11 is 1.68. The van der Waals surface area contributed by atoms with Gasteiger partial charge in [-0.15, -0.1) is 11.8 Å². The number of carbonyl (C=O) groups is 1. The molecule has 11 heavy (non-hydrogen) atoms. The third-order valence-corrected chi connectivity index (χ3v) is 2.03. The van der Waals surface area contributed by atoms with E-state index in [9.17, 15) is 4.79 Å². The van der Waals surface area contributed by atoms with Gasteiger partial charge in [0.05, 0.1) is 0 Å². The molecule has 0 aliphatic rings. The Morgan fingerprint density at radius 2 is 2.00 bits per heavy atom. The molecular formula is C9H14OS. The van der Waals surface area contributed by atoms with Crippen LogP contribution in [-0.4, -0.2) is 12.0 Å². The van der Waals surface area contributed by atoms with E-state index >= 15 is 0 Å². The van der Waals surface area contributed by atoms with Crippen molar-refractivity contribution in [1.82, 2.24) is 0 Å². The van der Waals surface area contributed by atoms with Crippen LogP contribution in [0, 0.1) is 0 Å². The number of allylic oxidation sites excluding steroid dienone is 3. The van der Waals surface area contributed by atoms with E-state index in [1.54, 1.807) is 17.8 Å². The monoisotopic (exact) mass is 170 g/mol. The minimum atomic E-state index is 0.824. The van der Waals surface area contributed by atoms with Gasteiger partial charge >= 0.3 is 0 Å². The Balaban J connectivity index is 3.63. The van der Waals surface area contributed by atoms with E-state index < -0.39 is 0 Å². The van der Waals surface area contributed by atoms with Crippen molar-refractivity contribution in [1.29, 1.82) is 0 Å².